The number of hydrogen-bond donors (Lipinski definition) is 0. The van der Waals surface area contributed by atoms with Crippen molar-refractivity contribution in [3.05, 3.63) is 64.2 Å². The van der Waals surface area contributed by atoms with Gasteiger partial charge in [0.1, 0.15) is 5.75 Å². The third-order valence-electron chi connectivity index (χ3n) is 5.52. The minimum Gasteiger partial charge on any atom is -0.452 e. The normalized spacial score (nSPS) is 21.5. The van der Waals surface area contributed by atoms with E-state index in [9.17, 15) is 4.79 Å². The van der Waals surface area contributed by atoms with Gasteiger partial charge in [-0.3, -0.25) is 9.53 Å². The number of carbonyl (C=O) groups excluding carboxylic acids is 1. The van der Waals surface area contributed by atoms with Gasteiger partial charge in [0.2, 0.25) is 5.79 Å². The number of hydrogen-bond acceptors (Lipinski definition) is 4. The van der Waals surface area contributed by atoms with Crippen LogP contribution in [0.3, 0.4) is 0 Å². The Morgan fingerprint density at radius 3 is 2.69 bits per heavy atom. The number of carbonyl (C=O) groups is 1. The van der Waals surface area contributed by atoms with Crippen LogP contribution in [-0.2, 0) is 21.7 Å². The van der Waals surface area contributed by atoms with Crippen LogP contribution < -0.4 is 4.74 Å². The molecular weight excluding hydrogens is 364 g/mol. The Balaban J connectivity index is 1.95. The molecule has 0 saturated heterocycles. The first kappa shape index (κ1) is 19.7. The van der Waals surface area contributed by atoms with Gasteiger partial charge in [0.05, 0.1) is 5.56 Å². The molecule has 1 heterocycles. The second-order valence-electron chi connectivity index (χ2n) is 7.41. The Bertz CT molecular complexity index is 998. The van der Waals surface area contributed by atoms with Gasteiger partial charge in [0.15, 0.2) is 5.78 Å². The summed E-state index contributed by atoms with van der Waals surface area (Å²) >= 11 is 0. The van der Waals surface area contributed by atoms with Crippen molar-refractivity contribution in [3.63, 3.8) is 0 Å². The number of ketones is 1. The van der Waals surface area contributed by atoms with E-state index in [0.717, 1.165) is 37.7 Å². The van der Waals surface area contributed by atoms with E-state index >= 15 is 0 Å². The van der Waals surface area contributed by atoms with Gasteiger partial charge in [-0.05, 0) is 36.8 Å². The van der Waals surface area contributed by atoms with Crippen LogP contribution in [0.15, 0.2) is 36.4 Å². The van der Waals surface area contributed by atoms with Crippen molar-refractivity contribution in [2.24, 2.45) is 0 Å². The lowest BCUT2D eigenvalue weighted by Gasteiger charge is -2.44. The molecule has 4 heteroatoms. The lowest BCUT2D eigenvalue weighted by Crippen LogP contribution is -2.47. The van der Waals surface area contributed by atoms with E-state index in [1.54, 1.807) is 7.11 Å². The lowest BCUT2D eigenvalue weighted by atomic mass is 9.78. The molecule has 0 saturated carbocycles. The molecule has 0 spiro atoms. The molecule has 2 aromatic rings. The summed E-state index contributed by atoms with van der Waals surface area (Å²) in [5.41, 5.74) is 3.60. The fraction of sp³-hybridized carbons (Fsp3) is 0.400. The maximum Gasteiger partial charge on any atom is 0.267 e. The number of methoxy groups -OCH3 is 1. The Kier molecular flexibility index (Phi) is 5.45. The van der Waals surface area contributed by atoms with Crippen LogP contribution in [0.2, 0.25) is 0 Å². The van der Waals surface area contributed by atoms with Crippen molar-refractivity contribution < 1.29 is 19.0 Å². The zero-order valence-electron chi connectivity index (χ0n) is 17.2. The average Bonchev–Trinajstić information content (AvgIpc) is 2.76. The zero-order valence-corrected chi connectivity index (χ0v) is 17.2. The summed E-state index contributed by atoms with van der Waals surface area (Å²) in [6.07, 6.45) is 3.95. The minimum absolute atomic E-state index is 0.0331. The highest BCUT2D eigenvalue weighted by Crippen LogP contribution is 2.51. The van der Waals surface area contributed by atoms with Gasteiger partial charge in [0, 0.05) is 30.2 Å². The van der Waals surface area contributed by atoms with Crippen LogP contribution in [0.25, 0.3) is 0 Å². The van der Waals surface area contributed by atoms with Gasteiger partial charge in [-0.25, -0.2) is 0 Å². The van der Waals surface area contributed by atoms with Gasteiger partial charge >= 0.3 is 0 Å². The molecule has 0 N–H and O–H groups in total. The third-order valence-corrected chi connectivity index (χ3v) is 5.52. The fourth-order valence-electron chi connectivity index (χ4n) is 4.09. The fourth-order valence-corrected chi connectivity index (χ4v) is 4.09. The largest absolute Gasteiger partial charge is 0.452 e. The van der Waals surface area contributed by atoms with Crippen molar-refractivity contribution in [1.82, 2.24) is 0 Å². The predicted octanol–water partition coefficient (Wildman–Crippen LogP) is 4.96. The molecule has 0 bridgehead atoms. The zero-order chi connectivity index (χ0) is 20.4. The Morgan fingerprint density at radius 2 is 1.93 bits per heavy atom. The van der Waals surface area contributed by atoms with Gasteiger partial charge in [-0.2, -0.15) is 0 Å². The monoisotopic (exact) mass is 390 g/mol. The molecule has 1 aliphatic heterocycles. The molecular formula is C25H26O4. The first-order valence-corrected chi connectivity index (χ1v) is 10.3. The average molecular weight is 390 g/mol. The van der Waals surface area contributed by atoms with Gasteiger partial charge < -0.3 is 9.47 Å². The molecule has 2 unspecified atom stereocenters. The third kappa shape index (κ3) is 3.15. The number of unbranched alkanes of at least 4 members (excludes halogenated alkanes) is 2. The first-order chi connectivity index (χ1) is 14.2. The molecule has 0 fully saturated rings. The highest BCUT2D eigenvalue weighted by atomic mass is 16.8. The topological polar surface area (TPSA) is 44.8 Å². The van der Waals surface area contributed by atoms with Crippen molar-refractivity contribution in [2.45, 2.75) is 58.0 Å². The second-order valence-corrected chi connectivity index (χ2v) is 7.41. The molecule has 150 valence electrons. The van der Waals surface area contributed by atoms with Crippen LogP contribution in [0.5, 0.6) is 5.75 Å². The summed E-state index contributed by atoms with van der Waals surface area (Å²) in [4.78, 5) is 13.2. The number of benzene rings is 2. The van der Waals surface area contributed by atoms with E-state index < -0.39 is 12.1 Å². The highest BCUT2D eigenvalue weighted by molar-refractivity contribution is 6.13. The standard InChI is InChI=1S/C25H26O4/c1-4-6-8-14-21-28-24-17(11-7-5-2)15-16-19-22(24)25(27-3,29-21)20-13-10-9-12-18(20)23(19)26/h9-10,12-13,15-16,21H,4-7,11H2,1-3H3. The number of ether oxygens (including phenoxy) is 3. The molecule has 29 heavy (non-hydrogen) atoms. The van der Waals surface area contributed by atoms with E-state index in [1.807, 2.05) is 36.4 Å². The predicted molar refractivity (Wildman–Crippen MR) is 111 cm³/mol. The Labute approximate surface area is 172 Å². The van der Waals surface area contributed by atoms with E-state index in [2.05, 4.69) is 25.7 Å². The van der Waals surface area contributed by atoms with E-state index in [-0.39, 0.29) is 5.78 Å². The molecule has 0 aromatic heterocycles. The second kappa shape index (κ2) is 8.02. The maximum absolute atomic E-state index is 13.2. The number of fused-ring (bicyclic) bond motifs is 2. The quantitative estimate of drug-likeness (QED) is 0.677. The summed E-state index contributed by atoms with van der Waals surface area (Å²) in [6.45, 7) is 4.24. The van der Waals surface area contributed by atoms with E-state index in [1.165, 1.54) is 0 Å². The summed E-state index contributed by atoms with van der Waals surface area (Å²) < 4.78 is 18.6. The summed E-state index contributed by atoms with van der Waals surface area (Å²) in [6, 6.07) is 11.4. The number of rotatable bonds is 5. The van der Waals surface area contributed by atoms with Crippen LogP contribution >= 0.6 is 0 Å². The Hall–Kier alpha value is -2.61. The van der Waals surface area contributed by atoms with Crippen LogP contribution in [0.1, 0.15) is 72.1 Å². The Morgan fingerprint density at radius 1 is 1.10 bits per heavy atom. The van der Waals surface area contributed by atoms with Crippen LogP contribution in [0.4, 0.5) is 0 Å². The minimum atomic E-state index is -1.21. The van der Waals surface area contributed by atoms with Crippen molar-refractivity contribution in [3.8, 4) is 17.6 Å². The molecule has 2 atom stereocenters. The van der Waals surface area contributed by atoms with Gasteiger partial charge in [0.25, 0.3) is 6.29 Å². The molecule has 4 nitrogen and oxygen atoms in total. The highest BCUT2D eigenvalue weighted by Gasteiger charge is 2.52. The maximum atomic E-state index is 13.2. The molecule has 0 radical (unpaired) electrons. The van der Waals surface area contributed by atoms with Crippen LogP contribution in [-0.4, -0.2) is 19.2 Å². The first-order valence-electron chi connectivity index (χ1n) is 10.3. The van der Waals surface area contributed by atoms with Crippen molar-refractivity contribution >= 4 is 5.78 Å². The van der Waals surface area contributed by atoms with Gasteiger partial charge in [-0.1, -0.05) is 56.5 Å². The summed E-state index contributed by atoms with van der Waals surface area (Å²) in [7, 11) is 1.61. The lowest BCUT2D eigenvalue weighted by molar-refractivity contribution is -0.268. The summed E-state index contributed by atoms with van der Waals surface area (Å²) in [5, 5.41) is 0. The SMILES string of the molecule is CCCC#CC1Oc2c(CCCC)ccc3c2C(OC)(O1)c1ccccc1C3=O. The molecule has 0 amide bonds. The molecule has 4 rings (SSSR count). The summed E-state index contributed by atoms with van der Waals surface area (Å²) in [5.74, 6) is 5.67. The van der Waals surface area contributed by atoms with Crippen molar-refractivity contribution in [1.29, 1.82) is 0 Å². The number of aryl methyl sites for hydroxylation is 1. The smallest absolute Gasteiger partial charge is 0.267 e. The van der Waals surface area contributed by atoms with Gasteiger partial charge in [-0.15, -0.1) is 0 Å². The van der Waals surface area contributed by atoms with E-state index in [4.69, 9.17) is 14.2 Å². The molecule has 1 aliphatic carbocycles. The molecule has 2 aliphatic rings. The molecule has 2 aromatic carbocycles. The van der Waals surface area contributed by atoms with Crippen LogP contribution in [0, 0.1) is 11.8 Å². The van der Waals surface area contributed by atoms with Crippen molar-refractivity contribution in [2.75, 3.05) is 7.11 Å². The van der Waals surface area contributed by atoms with E-state index in [0.29, 0.717) is 28.0 Å².